The summed E-state index contributed by atoms with van der Waals surface area (Å²) in [6, 6.07) is -0.420. The Bertz CT molecular complexity index is 138. The SMILES string of the molecule is NCCC1CC(N)C(=O)O1. The molecule has 1 heterocycles. The highest BCUT2D eigenvalue weighted by Gasteiger charge is 2.30. The zero-order chi connectivity index (χ0) is 7.56. The highest BCUT2D eigenvalue weighted by atomic mass is 16.6. The monoisotopic (exact) mass is 144 g/mol. The minimum Gasteiger partial charge on any atom is -0.461 e. The number of nitrogens with two attached hydrogens (primary N) is 2. The minimum absolute atomic E-state index is 0.0347. The van der Waals surface area contributed by atoms with Gasteiger partial charge in [-0.2, -0.15) is 0 Å². The van der Waals surface area contributed by atoms with Crippen LogP contribution in [0.3, 0.4) is 0 Å². The molecule has 0 saturated carbocycles. The fourth-order valence-corrected chi connectivity index (χ4v) is 1.04. The van der Waals surface area contributed by atoms with Crippen LogP contribution in [0.25, 0.3) is 0 Å². The Kier molecular flexibility index (Phi) is 2.24. The maximum Gasteiger partial charge on any atom is 0.323 e. The van der Waals surface area contributed by atoms with Gasteiger partial charge in [0.1, 0.15) is 12.1 Å². The summed E-state index contributed by atoms with van der Waals surface area (Å²) in [5.41, 5.74) is 10.7. The second-order valence-corrected chi connectivity index (χ2v) is 2.48. The lowest BCUT2D eigenvalue weighted by Gasteiger charge is -2.04. The summed E-state index contributed by atoms with van der Waals surface area (Å²) >= 11 is 0. The second kappa shape index (κ2) is 2.98. The van der Waals surface area contributed by atoms with Gasteiger partial charge in [0, 0.05) is 6.42 Å². The highest BCUT2D eigenvalue weighted by Crippen LogP contribution is 2.14. The van der Waals surface area contributed by atoms with Gasteiger partial charge in [-0.15, -0.1) is 0 Å². The fourth-order valence-electron chi connectivity index (χ4n) is 1.04. The molecule has 4 N–H and O–H groups in total. The first-order valence-corrected chi connectivity index (χ1v) is 3.40. The average Bonchev–Trinajstić information content (AvgIpc) is 2.14. The smallest absolute Gasteiger partial charge is 0.323 e. The Labute approximate surface area is 59.5 Å². The van der Waals surface area contributed by atoms with Crippen molar-refractivity contribution < 1.29 is 9.53 Å². The number of hydrogen-bond acceptors (Lipinski definition) is 4. The zero-order valence-electron chi connectivity index (χ0n) is 5.75. The van der Waals surface area contributed by atoms with Gasteiger partial charge in [-0.1, -0.05) is 0 Å². The molecule has 2 atom stereocenters. The van der Waals surface area contributed by atoms with E-state index < -0.39 is 6.04 Å². The lowest BCUT2D eigenvalue weighted by atomic mass is 10.1. The molecule has 10 heavy (non-hydrogen) atoms. The quantitative estimate of drug-likeness (QED) is 0.486. The summed E-state index contributed by atoms with van der Waals surface area (Å²) in [7, 11) is 0. The third-order valence-corrected chi connectivity index (χ3v) is 1.59. The zero-order valence-corrected chi connectivity index (χ0v) is 5.75. The van der Waals surface area contributed by atoms with Crippen LogP contribution in [0.15, 0.2) is 0 Å². The summed E-state index contributed by atoms with van der Waals surface area (Å²) in [6.07, 6.45) is 1.31. The molecule has 4 nitrogen and oxygen atoms in total. The molecule has 1 rings (SSSR count). The van der Waals surface area contributed by atoms with E-state index in [2.05, 4.69) is 0 Å². The molecule has 58 valence electrons. The van der Waals surface area contributed by atoms with Gasteiger partial charge in [0.2, 0.25) is 0 Å². The molecular weight excluding hydrogens is 132 g/mol. The summed E-state index contributed by atoms with van der Waals surface area (Å²) in [5, 5.41) is 0. The molecule has 4 heteroatoms. The molecule has 0 bridgehead atoms. The van der Waals surface area contributed by atoms with Crippen LogP contribution in [0, 0.1) is 0 Å². The van der Waals surface area contributed by atoms with E-state index in [1.807, 2.05) is 0 Å². The van der Waals surface area contributed by atoms with E-state index in [0.717, 1.165) is 6.42 Å². The third-order valence-electron chi connectivity index (χ3n) is 1.59. The molecule has 2 unspecified atom stereocenters. The van der Waals surface area contributed by atoms with E-state index in [1.165, 1.54) is 0 Å². The Balaban J connectivity index is 2.34. The van der Waals surface area contributed by atoms with Gasteiger partial charge < -0.3 is 16.2 Å². The fraction of sp³-hybridized carbons (Fsp3) is 0.833. The van der Waals surface area contributed by atoms with Crippen LogP contribution < -0.4 is 11.5 Å². The molecule has 0 radical (unpaired) electrons. The van der Waals surface area contributed by atoms with Crippen molar-refractivity contribution in [3.63, 3.8) is 0 Å². The molecule has 1 aliphatic heterocycles. The van der Waals surface area contributed by atoms with Gasteiger partial charge in [-0.05, 0) is 13.0 Å². The van der Waals surface area contributed by atoms with Crippen LogP contribution in [-0.4, -0.2) is 24.7 Å². The number of hydrogen-bond donors (Lipinski definition) is 2. The van der Waals surface area contributed by atoms with Crippen LogP contribution in [0.2, 0.25) is 0 Å². The Morgan fingerprint density at radius 2 is 2.40 bits per heavy atom. The highest BCUT2D eigenvalue weighted by molar-refractivity contribution is 5.77. The number of carbonyl (C=O) groups excluding carboxylic acids is 1. The Morgan fingerprint density at radius 1 is 1.70 bits per heavy atom. The van der Waals surface area contributed by atoms with E-state index in [1.54, 1.807) is 0 Å². The predicted molar refractivity (Wildman–Crippen MR) is 36.1 cm³/mol. The first kappa shape index (κ1) is 7.50. The summed E-state index contributed by atoms with van der Waals surface area (Å²) in [5.74, 6) is -0.293. The number of ether oxygens (including phenoxy) is 1. The third kappa shape index (κ3) is 1.46. The number of esters is 1. The number of carbonyl (C=O) groups is 1. The van der Waals surface area contributed by atoms with Gasteiger partial charge in [-0.3, -0.25) is 4.79 Å². The molecule has 0 aromatic heterocycles. The Morgan fingerprint density at radius 3 is 2.80 bits per heavy atom. The first-order valence-electron chi connectivity index (χ1n) is 3.40. The predicted octanol–water partition coefficient (Wildman–Crippen LogP) is -1.02. The van der Waals surface area contributed by atoms with Crippen molar-refractivity contribution in [2.75, 3.05) is 6.54 Å². The van der Waals surface area contributed by atoms with Crippen molar-refractivity contribution in [2.24, 2.45) is 11.5 Å². The minimum atomic E-state index is -0.420. The van der Waals surface area contributed by atoms with E-state index >= 15 is 0 Å². The molecule has 1 saturated heterocycles. The van der Waals surface area contributed by atoms with Gasteiger partial charge in [0.05, 0.1) is 0 Å². The lowest BCUT2D eigenvalue weighted by Crippen LogP contribution is -2.24. The number of rotatable bonds is 2. The van der Waals surface area contributed by atoms with E-state index in [9.17, 15) is 4.79 Å². The summed E-state index contributed by atoms with van der Waals surface area (Å²) < 4.78 is 4.87. The second-order valence-electron chi connectivity index (χ2n) is 2.48. The maximum absolute atomic E-state index is 10.7. The molecule has 0 aromatic rings. The van der Waals surface area contributed by atoms with Gasteiger partial charge >= 0.3 is 5.97 Å². The van der Waals surface area contributed by atoms with Crippen molar-refractivity contribution in [1.29, 1.82) is 0 Å². The summed E-state index contributed by atoms with van der Waals surface area (Å²) in [6.45, 7) is 0.546. The first-order chi connectivity index (χ1) is 4.74. The van der Waals surface area contributed by atoms with E-state index in [-0.39, 0.29) is 12.1 Å². The maximum atomic E-state index is 10.7. The van der Waals surface area contributed by atoms with Gasteiger partial charge in [0.25, 0.3) is 0 Å². The molecular formula is C6H12N2O2. The normalized spacial score (nSPS) is 32.4. The van der Waals surface area contributed by atoms with E-state index in [0.29, 0.717) is 13.0 Å². The standard InChI is InChI=1S/C6H12N2O2/c7-2-1-4-3-5(8)6(9)10-4/h4-5H,1-3,7-8H2. The molecule has 0 spiro atoms. The van der Waals surface area contributed by atoms with Crippen molar-refractivity contribution in [2.45, 2.75) is 25.0 Å². The van der Waals surface area contributed by atoms with Gasteiger partial charge in [0.15, 0.2) is 0 Å². The molecule has 1 aliphatic rings. The van der Waals surface area contributed by atoms with Crippen LogP contribution in [0.1, 0.15) is 12.8 Å². The van der Waals surface area contributed by atoms with Crippen molar-refractivity contribution in [1.82, 2.24) is 0 Å². The molecule has 0 aliphatic carbocycles. The van der Waals surface area contributed by atoms with E-state index in [4.69, 9.17) is 16.2 Å². The van der Waals surface area contributed by atoms with Crippen molar-refractivity contribution in [3.05, 3.63) is 0 Å². The number of cyclic esters (lactones) is 1. The Hall–Kier alpha value is -0.610. The summed E-state index contributed by atoms with van der Waals surface area (Å²) in [4.78, 5) is 10.7. The van der Waals surface area contributed by atoms with Crippen LogP contribution in [-0.2, 0) is 9.53 Å². The molecule has 0 amide bonds. The largest absolute Gasteiger partial charge is 0.461 e. The van der Waals surface area contributed by atoms with Crippen LogP contribution in [0.5, 0.6) is 0 Å². The molecule has 1 fully saturated rings. The van der Waals surface area contributed by atoms with Crippen molar-refractivity contribution in [3.8, 4) is 0 Å². The van der Waals surface area contributed by atoms with Crippen molar-refractivity contribution >= 4 is 5.97 Å². The molecule has 0 aromatic carbocycles. The topological polar surface area (TPSA) is 78.3 Å². The van der Waals surface area contributed by atoms with Crippen LogP contribution >= 0.6 is 0 Å². The van der Waals surface area contributed by atoms with Gasteiger partial charge in [-0.25, -0.2) is 0 Å². The van der Waals surface area contributed by atoms with Crippen LogP contribution in [0.4, 0.5) is 0 Å². The average molecular weight is 144 g/mol. The lowest BCUT2D eigenvalue weighted by molar-refractivity contribution is -0.142.